The molecule has 1 atom stereocenters. The summed E-state index contributed by atoms with van der Waals surface area (Å²) in [4.78, 5) is 34.7. The number of quaternary nitrogens is 1. The Morgan fingerprint density at radius 2 is 1.96 bits per heavy atom. The number of nitro groups is 1. The molecule has 0 radical (unpaired) electrons. The second kappa shape index (κ2) is 7.19. The van der Waals surface area contributed by atoms with Crippen LogP contribution >= 0.6 is 0 Å². The highest BCUT2D eigenvalue weighted by Gasteiger charge is 2.25. The zero-order valence-corrected chi connectivity index (χ0v) is 13.2. The molecule has 1 aliphatic carbocycles. The van der Waals surface area contributed by atoms with Gasteiger partial charge in [-0.15, -0.1) is 0 Å². The second-order valence-corrected chi connectivity index (χ2v) is 5.96. The molecular formula is C15H21N4O4+. The van der Waals surface area contributed by atoms with Crippen molar-refractivity contribution in [3.63, 3.8) is 0 Å². The highest BCUT2D eigenvalue weighted by atomic mass is 16.6. The summed E-state index contributed by atoms with van der Waals surface area (Å²) in [6, 6.07) is 4.59. The summed E-state index contributed by atoms with van der Waals surface area (Å²) in [6.45, 7) is 2.08. The minimum Gasteiger partial charge on any atom is -0.348 e. The fourth-order valence-corrected chi connectivity index (χ4v) is 2.21. The van der Waals surface area contributed by atoms with Gasteiger partial charge < -0.3 is 15.5 Å². The fraction of sp³-hybridized carbons (Fsp3) is 0.467. The van der Waals surface area contributed by atoms with Crippen molar-refractivity contribution in [1.82, 2.24) is 5.32 Å². The molecule has 0 heterocycles. The largest absolute Gasteiger partial charge is 0.348 e. The van der Waals surface area contributed by atoms with E-state index in [0.717, 1.165) is 17.7 Å². The predicted molar refractivity (Wildman–Crippen MR) is 84.2 cm³/mol. The number of benzene rings is 1. The molecule has 23 heavy (non-hydrogen) atoms. The van der Waals surface area contributed by atoms with E-state index in [0.29, 0.717) is 17.3 Å². The van der Waals surface area contributed by atoms with Gasteiger partial charge in [0.2, 0.25) is 0 Å². The van der Waals surface area contributed by atoms with E-state index in [9.17, 15) is 19.7 Å². The van der Waals surface area contributed by atoms with Crippen molar-refractivity contribution in [3.8, 4) is 0 Å². The maximum Gasteiger partial charge on any atom is 0.279 e. The molecule has 0 aliphatic heterocycles. The molecule has 0 bridgehead atoms. The Kier molecular flexibility index (Phi) is 5.28. The first kappa shape index (κ1) is 16.9. The van der Waals surface area contributed by atoms with Crippen molar-refractivity contribution in [1.29, 1.82) is 0 Å². The third-order valence-electron chi connectivity index (χ3n) is 3.56. The lowest BCUT2D eigenvalue weighted by molar-refractivity contribution is -0.862. The molecule has 1 aromatic carbocycles. The Morgan fingerprint density at radius 3 is 2.52 bits per heavy atom. The molecule has 1 aromatic rings. The van der Waals surface area contributed by atoms with E-state index in [1.165, 1.54) is 18.2 Å². The predicted octanol–water partition coefficient (Wildman–Crippen LogP) is -0.365. The number of likely N-dealkylation sites (N-methyl/N-ethyl adjacent to an activating group) is 1. The molecule has 1 unspecified atom stereocenters. The molecule has 0 aromatic heterocycles. The zero-order valence-electron chi connectivity index (χ0n) is 13.2. The van der Waals surface area contributed by atoms with Gasteiger partial charge in [0, 0.05) is 23.9 Å². The van der Waals surface area contributed by atoms with Crippen LogP contribution in [0.4, 0.5) is 11.4 Å². The van der Waals surface area contributed by atoms with Gasteiger partial charge in [0.1, 0.15) is 0 Å². The van der Waals surface area contributed by atoms with E-state index < -0.39 is 4.92 Å². The lowest BCUT2D eigenvalue weighted by Gasteiger charge is -2.14. The van der Waals surface area contributed by atoms with Crippen LogP contribution in [0.1, 0.15) is 18.4 Å². The number of nitrogens with zero attached hydrogens (tertiary/aromatic N) is 1. The Balaban J connectivity index is 1.83. The summed E-state index contributed by atoms with van der Waals surface area (Å²) in [5.41, 5.74) is 1.15. The van der Waals surface area contributed by atoms with Gasteiger partial charge in [0.25, 0.3) is 17.5 Å². The summed E-state index contributed by atoms with van der Waals surface area (Å²) in [6.07, 6.45) is 2.06. The van der Waals surface area contributed by atoms with Crippen LogP contribution in [-0.2, 0) is 9.59 Å². The van der Waals surface area contributed by atoms with E-state index in [2.05, 4.69) is 10.6 Å². The van der Waals surface area contributed by atoms with Crippen LogP contribution in [0.3, 0.4) is 0 Å². The van der Waals surface area contributed by atoms with Gasteiger partial charge in [0.05, 0.1) is 12.0 Å². The zero-order chi connectivity index (χ0) is 17.0. The van der Waals surface area contributed by atoms with Gasteiger partial charge >= 0.3 is 0 Å². The SMILES string of the molecule is Cc1cc([N+](=O)[O-])ccc1NC(=O)C[NH+](C)CC(=O)NC1CC1. The molecule has 0 spiro atoms. The maximum atomic E-state index is 12.0. The van der Waals surface area contributed by atoms with Crippen LogP contribution in [0.2, 0.25) is 0 Å². The van der Waals surface area contributed by atoms with Gasteiger partial charge in [-0.2, -0.15) is 0 Å². The first-order chi connectivity index (χ1) is 10.8. The number of hydrogen-bond donors (Lipinski definition) is 3. The number of anilines is 1. The van der Waals surface area contributed by atoms with Crippen LogP contribution in [0.5, 0.6) is 0 Å². The lowest BCUT2D eigenvalue weighted by Crippen LogP contribution is -3.11. The summed E-state index contributed by atoms with van der Waals surface area (Å²) in [5, 5.41) is 16.3. The molecular weight excluding hydrogens is 300 g/mol. The van der Waals surface area contributed by atoms with E-state index in [1.807, 2.05) is 0 Å². The second-order valence-electron chi connectivity index (χ2n) is 5.96. The van der Waals surface area contributed by atoms with Gasteiger partial charge in [0.15, 0.2) is 13.1 Å². The average molecular weight is 321 g/mol. The summed E-state index contributed by atoms with van der Waals surface area (Å²) < 4.78 is 0. The smallest absolute Gasteiger partial charge is 0.279 e. The Hall–Kier alpha value is -2.48. The summed E-state index contributed by atoms with van der Waals surface area (Å²) in [7, 11) is 1.77. The molecule has 124 valence electrons. The molecule has 8 heteroatoms. The third-order valence-corrected chi connectivity index (χ3v) is 3.56. The molecule has 8 nitrogen and oxygen atoms in total. The molecule has 2 rings (SSSR count). The molecule has 3 N–H and O–H groups in total. The van der Waals surface area contributed by atoms with Gasteiger partial charge in [-0.1, -0.05) is 0 Å². The van der Waals surface area contributed by atoms with E-state index in [-0.39, 0.29) is 30.6 Å². The third kappa shape index (κ3) is 5.33. The molecule has 0 saturated heterocycles. The van der Waals surface area contributed by atoms with Crippen molar-refractivity contribution < 1.29 is 19.4 Å². The standard InChI is InChI=1S/C15H20N4O4/c1-10-7-12(19(22)23)5-6-13(10)17-15(21)9-18(2)8-14(20)16-11-3-4-11/h5-7,11H,3-4,8-9H2,1-2H3,(H,16,20)(H,17,21)/p+1. The minimum absolute atomic E-state index is 0.0139. The topological polar surface area (TPSA) is 106 Å². The molecule has 1 aliphatic rings. The Labute approximate surface area is 134 Å². The number of nitrogens with one attached hydrogen (secondary N) is 3. The molecule has 1 saturated carbocycles. The lowest BCUT2D eigenvalue weighted by atomic mass is 10.2. The quantitative estimate of drug-likeness (QED) is 0.471. The number of aryl methyl sites for hydroxylation is 1. The van der Waals surface area contributed by atoms with Gasteiger partial charge in [-0.25, -0.2) is 0 Å². The van der Waals surface area contributed by atoms with E-state index >= 15 is 0 Å². The van der Waals surface area contributed by atoms with Crippen molar-refractivity contribution in [3.05, 3.63) is 33.9 Å². The Morgan fingerprint density at radius 1 is 1.30 bits per heavy atom. The van der Waals surface area contributed by atoms with Crippen molar-refractivity contribution in [2.75, 3.05) is 25.5 Å². The number of carbonyl (C=O) groups is 2. The number of nitro benzene ring substituents is 1. The number of carbonyl (C=O) groups excluding carboxylic acids is 2. The highest BCUT2D eigenvalue weighted by molar-refractivity contribution is 5.92. The van der Waals surface area contributed by atoms with Crippen molar-refractivity contribution >= 4 is 23.2 Å². The Bertz CT molecular complexity index is 628. The van der Waals surface area contributed by atoms with Crippen molar-refractivity contribution in [2.45, 2.75) is 25.8 Å². The normalized spacial score (nSPS) is 14.9. The average Bonchev–Trinajstić information content (AvgIpc) is 3.24. The van der Waals surface area contributed by atoms with Crippen LogP contribution in [0.15, 0.2) is 18.2 Å². The van der Waals surface area contributed by atoms with Crippen LogP contribution in [0.25, 0.3) is 0 Å². The van der Waals surface area contributed by atoms with Gasteiger partial charge in [-0.05, 0) is 31.4 Å². The first-order valence-electron chi connectivity index (χ1n) is 7.50. The number of rotatable bonds is 7. The van der Waals surface area contributed by atoms with E-state index in [1.54, 1.807) is 14.0 Å². The van der Waals surface area contributed by atoms with Crippen LogP contribution in [-0.4, -0.2) is 42.9 Å². The number of hydrogen-bond acceptors (Lipinski definition) is 4. The highest BCUT2D eigenvalue weighted by Crippen LogP contribution is 2.21. The summed E-state index contributed by atoms with van der Waals surface area (Å²) in [5.74, 6) is -0.289. The van der Waals surface area contributed by atoms with Gasteiger partial charge in [-0.3, -0.25) is 19.7 Å². The number of amides is 2. The van der Waals surface area contributed by atoms with Crippen LogP contribution in [0, 0.1) is 17.0 Å². The summed E-state index contributed by atoms with van der Waals surface area (Å²) >= 11 is 0. The molecule has 1 fully saturated rings. The fourth-order valence-electron chi connectivity index (χ4n) is 2.21. The van der Waals surface area contributed by atoms with Crippen molar-refractivity contribution in [2.24, 2.45) is 0 Å². The monoisotopic (exact) mass is 321 g/mol. The maximum absolute atomic E-state index is 12.0. The first-order valence-corrected chi connectivity index (χ1v) is 7.50. The van der Waals surface area contributed by atoms with E-state index in [4.69, 9.17) is 0 Å². The minimum atomic E-state index is -0.477. The van der Waals surface area contributed by atoms with Crippen LogP contribution < -0.4 is 15.5 Å². The molecule has 2 amide bonds. The number of non-ortho nitro benzene ring substituents is 1.